The molecule has 0 aliphatic carbocycles. The minimum absolute atomic E-state index is 0.696. The highest BCUT2D eigenvalue weighted by molar-refractivity contribution is 6.12. The second-order valence-corrected chi connectivity index (χ2v) is 30.8. The molecule has 21 rings (SSSR count). The van der Waals surface area contributed by atoms with E-state index in [4.69, 9.17) is 5.73 Å². The Balaban J connectivity index is 0.510. The van der Waals surface area contributed by atoms with Crippen LogP contribution in [-0.2, 0) is 0 Å². The smallest absolute Gasteiger partial charge is 0.0542 e. The number of aromatic nitrogens is 2. The molecule has 0 unspecified atom stereocenters. The van der Waals surface area contributed by atoms with E-state index in [1.165, 1.54) is 43.6 Å². The predicted molar refractivity (Wildman–Crippen MR) is 515 cm³/mol. The van der Waals surface area contributed by atoms with E-state index in [-0.39, 0.29) is 0 Å². The van der Waals surface area contributed by atoms with Gasteiger partial charge in [-0.1, -0.05) is 249 Å². The van der Waals surface area contributed by atoms with Crippen molar-refractivity contribution in [2.45, 2.75) is 0 Å². The molecular weight excluding hydrogens is 1480 g/mol. The van der Waals surface area contributed by atoms with Crippen LogP contribution in [0.1, 0.15) is 0 Å². The number of hydrogen-bond donors (Lipinski definition) is 1. The van der Waals surface area contributed by atoms with Crippen LogP contribution in [0.15, 0.2) is 485 Å². The molecule has 8 heteroatoms. The van der Waals surface area contributed by atoms with Gasteiger partial charge in [0.1, 0.15) is 0 Å². The lowest BCUT2D eigenvalue weighted by Gasteiger charge is -2.27. The van der Waals surface area contributed by atoms with E-state index in [2.05, 4.69) is 501 Å². The van der Waals surface area contributed by atoms with Crippen LogP contribution in [0.5, 0.6) is 0 Å². The average molecular weight is 1560 g/mol. The maximum absolute atomic E-state index is 6.55. The molecule has 2 heterocycles. The van der Waals surface area contributed by atoms with Crippen molar-refractivity contribution in [2.24, 2.45) is 0 Å². The van der Waals surface area contributed by atoms with Crippen LogP contribution in [0.3, 0.4) is 0 Å². The van der Waals surface area contributed by atoms with Gasteiger partial charge in [0.2, 0.25) is 0 Å². The van der Waals surface area contributed by atoms with E-state index in [1.54, 1.807) is 0 Å². The molecule has 0 bridgehead atoms. The molecular formula is C114H82N8. The number of anilines is 16. The number of rotatable bonds is 21. The summed E-state index contributed by atoms with van der Waals surface area (Å²) < 4.78 is 4.73. The van der Waals surface area contributed by atoms with Gasteiger partial charge in [-0.3, -0.25) is 0 Å². The monoisotopic (exact) mass is 1560 g/mol. The molecule has 2 N–H and O–H groups in total. The van der Waals surface area contributed by atoms with Crippen LogP contribution >= 0.6 is 0 Å². The summed E-state index contributed by atoms with van der Waals surface area (Å²) in [7, 11) is 0. The van der Waals surface area contributed by atoms with Crippen LogP contribution in [0, 0.1) is 0 Å². The third-order valence-electron chi connectivity index (χ3n) is 23.4. The van der Waals surface area contributed by atoms with Crippen molar-refractivity contribution in [3.8, 4) is 55.9 Å². The van der Waals surface area contributed by atoms with Gasteiger partial charge in [0.05, 0.1) is 22.1 Å². The molecule has 0 radical (unpaired) electrons. The van der Waals surface area contributed by atoms with Crippen molar-refractivity contribution in [2.75, 3.05) is 30.2 Å². The topological polar surface area (TPSA) is 52.1 Å². The summed E-state index contributed by atoms with van der Waals surface area (Å²) in [5.41, 5.74) is 39.1. The highest BCUT2D eigenvalue weighted by atomic mass is 15.2. The Hall–Kier alpha value is -16.4. The van der Waals surface area contributed by atoms with Crippen molar-refractivity contribution < 1.29 is 0 Å². The third-order valence-corrected chi connectivity index (χ3v) is 23.4. The van der Waals surface area contributed by atoms with Crippen molar-refractivity contribution in [3.05, 3.63) is 485 Å². The zero-order valence-electron chi connectivity index (χ0n) is 66.9. The van der Waals surface area contributed by atoms with Crippen LogP contribution in [0.25, 0.3) is 99.5 Å². The second-order valence-electron chi connectivity index (χ2n) is 30.8. The Morgan fingerprint density at radius 2 is 0.328 bits per heavy atom. The first-order valence-corrected chi connectivity index (χ1v) is 41.5. The second kappa shape index (κ2) is 32.2. The van der Waals surface area contributed by atoms with Gasteiger partial charge in [0.25, 0.3) is 0 Å². The van der Waals surface area contributed by atoms with Gasteiger partial charge in [-0.25, -0.2) is 0 Å². The first kappa shape index (κ1) is 73.2. The molecule has 0 fully saturated rings. The molecule has 0 amide bonds. The molecule has 21 aromatic rings. The van der Waals surface area contributed by atoms with Crippen molar-refractivity contribution in [1.82, 2.24) is 9.13 Å². The standard InChI is InChI=1S/C114H82N8/c115-89-24-23-37-104(78-89)120(102-70-54-87(55-71-102)83-46-62-98(63-47-83)116(90-25-7-1-8-26-90)96-58-42-81(43-59-96)85-50-66-100(67-51-85)118(92-29-11-3-12-30-92)105-74-76-113-109(79-105)107-38-19-21-40-111(107)121(113)94-33-15-5-16-34-94)103-72-56-88(57-73-103)84-48-64-99(65-49-84)117(91-27-9-2-10-28-91)97-60-44-82(45-61-97)86-52-68-101(69-53-86)119(93-31-13-4-14-32-93)106-75-77-114-110(80-106)108-39-20-22-41-112(108)122(114)95-35-17-6-18-36-95/h1-80H,115H2. The first-order chi connectivity index (χ1) is 60.4. The van der Waals surface area contributed by atoms with E-state index >= 15 is 0 Å². The number of hydrogen-bond acceptors (Lipinski definition) is 6. The summed E-state index contributed by atoms with van der Waals surface area (Å²) in [6, 6.07) is 174. The highest BCUT2D eigenvalue weighted by Crippen LogP contribution is 2.47. The number of fused-ring (bicyclic) bond motifs is 6. The van der Waals surface area contributed by atoms with Gasteiger partial charge in [0.15, 0.2) is 0 Å². The summed E-state index contributed by atoms with van der Waals surface area (Å²) in [5.74, 6) is 0. The van der Waals surface area contributed by atoms with E-state index in [0.29, 0.717) is 5.69 Å². The number of para-hydroxylation sites is 8. The quantitative estimate of drug-likeness (QED) is 0.0724. The van der Waals surface area contributed by atoms with Crippen molar-refractivity contribution in [3.63, 3.8) is 0 Å². The highest BCUT2D eigenvalue weighted by Gasteiger charge is 2.23. The van der Waals surface area contributed by atoms with E-state index in [1.807, 2.05) is 18.2 Å². The summed E-state index contributed by atoms with van der Waals surface area (Å²) in [4.78, 5) is 11.6. The summed E-state index contributed by atoms with van der Waals surface area (Å²) in [5, 5.41) is 4.85. The van der Waals surface area contributed by atoms with Crippen LogP contribution in [-0.4, -0.2) is 9.13 Å². The fourth-order valence-electron chi connectivity index (χ4n) is 17.5. The fraction of sp³-hybridized carbons (Fsp3) is 0. The SMILES string of the molecule is Nc1cccc(N(c2ccc(-c3ccc(N(c4ccccc4)c4ccc(-c5ccc(N(c6ccccc6)c6ccc7c(c6)c6ccccc6n7-c6ccccc6)cc5)cc4)cc3)cc2)c2ccc(-c3ccc(N(c4ccccc4)c4ccc(-c5ccc(N(c6ccccc6)c6ccc7c(c6)c6ccccc6n7-c6ccccc6)cc5)cc4)cc3)cc2)c1. The summed E-state index contributed by atoms with van der Waals surface area (Å²) >= 11 is 0. The maximum atomic E-state index is 6.55. The zero-order chi connectivity index (χ0) is 81.2. The Kier molecular flexibility index (Phi) is 19.3. The number of benzene rings is 19. The molecule has 0 aliphatic heterocycles. The van der Waals surface area contributed by atoms with E-state index in [0.717, 1.165) is 141 Å². The molecule has 122 heavy (non-hydrogen) atoms. The summed E-state index contributed by atoms with van der Waals surface area (Å²) in [6.45, 7) is 0. The van der Waals surface area contributed by atoms with E-state index in [9.17, 15) is 0 Å². The lowest BCUT2D eigenvalue weighted by atomic mass is 10.0. The van der Waals surface area contributed by atoms with Gasteiger partial charge in [0, 0.05) is 124 Å². The Labute approximate surface area is 710 Å². The molecule has 0 aliphatic rings. The Morgan fingerprint density at radius 3 is 0.582 bits per heavy atom. The molecule has 0 atom stereocenters. The molecule has 0 spiro atoms. The number of nitrogen functional groups attached to an aromatic ring is 1. The fourth-order valence-corrected chi connectivity index (χ4v) is 17.5. The van der Waals surface area contributed by atoms with Gasteiger partial charge in [-0.2, -0.15) is 0 Å². The third kappa shape index (κ3) is 14.1. The zero-order valence-corrected chi connectivity index (χ0v) is 66.9. The normalized spacial score (nSPS) is 11.3. The van der Waals surface area contributed by atoms with E-state index < -0.39 is 0 Å². The average Bonchev–Trinajstić information content (AvgIpc) is 1.59. The molecule has 2 aromatic heterocycles. The first-order valence-electron chi connectivity index (χ1n) is 41.5. The Bertz CT molecular complexity index is 6820. The lowest BCUT2D eigenvalue weighted by molar-refractivity contribution is 1.18. The van der Waals surface area contributed by atoms with Crippen LogP contribution < -0.4 is 30.2 Å². The minimum atomic E-state index is 0.696. The van der Waals surface area contributed by atoms with Gasteiger partial charge < -0.3 is 39.4 Å². The summed E-state index contributed by atoms with van der Waals surface area (Å²) in [6.07, 6.45) is 0. The molecule has 8 nitrogen and oxygen atoms in total. The Morgan fingerprint density at radius 1 is 0.139 bits per heavy atom. The van der Waals surface area contributed by atoms with Gasteiger partial charge in [-0.15, -0.1) is 0 Å². The molecule has 19 aromatic carbocycles. The van der Waals surface area contributed by atoms with Gasteiger partial charge in [-0.05, 0) is 281 Å². The maximum Gasteiger partial charge on any atom is 0.0542 e. The van der Waals surface area contributed by atoms with Crippen molar-refractivity contribution in [1.29, 1.82) is 0 Å². The predicted octanol–water partition coefficient (Wildman–Crippen LogP) is 31.5. The van der Waals surface area contributed by atoms with Gasteiger partial charge >= 0.3 is 0 Å². The molecule has 0 saturated carbocycles. The van der Waals surface area contributed by atoms with Crippen molar-refractivity contribution >= 4 is 135 Å². The van der Waals surface area contributed by atoms with Crippen LogP contribution in [0.4, 0.5) is 91.0 Å². The van der Waals surface area contributed by atoms with Crippen LogP contribution in [0.2, 0.25) is 0 Å². The molecule has 0 saturated heterocycles. The largest absolute Gasteiger partial charge is 0.399 e. The number of nitrogens with two attached hydrogens (primary N) is 1. The minimum Gasteiger partial charge on any atom is -0.399 e. The number of nitrogens with zero attached hydrogens (tertiary/aromatic N) is 7. The molecule has 578 valence electrons. The lowest BCUT2D eigenvalue weighted by Crippen LogP contribution is -2.10.